The van der Waals surface area contributed by atoms with Gasteiger partial charge in [-0.1, -0.05) is 6.07 Å². The topological polar surface area (TPSA) is 49.8 Å². The SMILES string of the molecule is Cc1c(N)cccc1SC(C)C#N. The minimum Gasteiger partial charge on any atom is -0.398 e. The van der Waals surface area contributed by atoms with Crippen molar-refractivity contribution in [2.24, 2.45) is 0 Å². The average Bonchev–Trinajstić information content (AvgIpc) is 2.13. The summed E-state index contributed by atoms with van der Waals surface area (Å²) in [4.78, 5) is 1.09. The number of hydrogen-bond acceptors (Lipinski definition) is 3. The van der Waals surface area contributed by atoms with Crippen LogP contribution in [0.5, 0.6) is 0 Å². The third kappa shape index (κ3) is 2.40. The van der Waals surface area contributed by atoms with Crippen LogP contribution >= 0.6 is 11.8 Å². The van der Waals surface area contributed by atoms with E-state index in [1.807, 2.05) is 32.0 Å². The largest absolute Gasteiger partial charge is 0.398 e. The summed E-state index contributed by atoms with van der Waals surface area (Å²) in [5.41, 5.74) is 7.59. The van der Waals surface area contributed by atoms with E-state index in [0.717, 1.165) is 16.1 Å². The summed E-state index contributed by atoms with van der Waals surface area (Å²) in [6.45, 7) is 3.86. The number of benzene rings is 1. The van der Waals surface area contributed by atoms with Gasteiger partial charge in [0, 0.05) is 10.6 Å². The number of hydrogen-bond donors (Lipinski definition) is 1. The second-order valence-corrected chi connectivity index (χ2v) is 4.24. The Morgan fingerprint density at radius 3 is 2.85 bits per heavy atom. The molecule has 0 aliphatic heterocycles. The monoisotopic (exact) mass is 192 g/mol. The zero-order chi connectivity index (χ0) is 9.84. The van der Waals surface area contributed by atoms with Crippen LogP contribution in [0.1, 0.15) is 12.5 Å². The standard InChI is InChI=1S/C10H12N2S/c1-7(6-11)13-10-5-3-4-9(12)8(10)2/h3-5,7H,12H2,1-2H3. The number of nitriles is 1. The third-order valence-corrected chi connectivity index (χ3v) is 2.97. The van der Waals surface area contributed by atoms with Crippen LogP contribution in [0.25, 0.3) is 0 Å². The first-order valence-corrected chi connectivity index (χ1v) is 4.94. The molecule has 0 aromatic heterocycles. The molecule has 2 N–H and O–H groups in total. The molecule has 0 amide bonds. The lowest BCUT2D eigenvalue weighted by Gasteiger charge is -2.08. The molecule has 13 heavy (non-hydrogen) atoms. The van der Waals surface area contributed by atoms with Gasteiger partial charge in [0.05, 0.1) is 11.3 Å². The number of anilines is 1. The maximum Gasteiger partial charge on any atom is 0.0935 e. The minimum atomic E-state index is -0.0273. The molecule has 3 heteroatoms. The number of nitrogen functional groups attached to an aromatic ring is 1. The molecule has 0 aliphatic carbocycles. The minimum absolute atomic E-state index is 0.0273. The van der Waals surface area contributed by atoms with Gasteiger partial charge >= 0.3 is 0 Å². The van der Waals surface area contributed by atoms with Gasteiger partial charge in [0.2, 0.25) is 0 Å². The van der Waals surface area contributed by atoms with Crippen LogP contribution in [0.3, 0.4) is 0 Å². The summed E-state index contributed by atoms with van der Waals surface area (Å²) < 4.78 is 0. The summed E-state index contributed by atoms with van der Waals surface area (Å²) in [7, 11) is 0. The van der Waals surface area contributed by atoms with E-state index in [1.165, 1.54) is 0 Å². The van der Waals surface area contributed by atoms with Gasteiger partial charge in [0.15, 0.2) is 0 Å². The molecule has 0 saturated carbocycles. The predicted octanol–water partition coefficient (Wildman–Crippen LogP) is 2.58. The first kappa shape index (κ1) is 9.94. The van der Waals surface area contributed by atoms with Crippen molar-refractivity contribution in [3.05, 3.63) is 23.8 Å². The molecule has 0 bridgehead atoms. The van der Waals surface area contributed by atoms with Crippen molar-refractivity contribution < 1.29 is 0 Å². The van der Waals surface area contributed by atoms with Gasteiger partial charge in [0.1, 0.15) is 0 Å². The van der Waals surface area contributed by atoms with Crippen LogP contribution in [0, 0.1) is 18.3 Å². The molecule has 1 rings (SSSR count). The molecule has 0 saturated heterocycles. The zero-order valence-corrected chi connectivity index (χ0v) is 8.56. The molecule has 0 fully saturated rings. The summed E-state index contributed by atoms with van der Waals surface area (Å²) in [5, 5.41) is 8.63. The van der Waals surface area contributed by atoms with Crippen molar-refractivity contribution in [3.8, 4) is 6.07 Å². The van der Waals surface area contributed by atoms with Gasteiger partial charge in [-0.05, 0) is 31.5 Å². The number of nitrogens with zero attached hydrogens (tertiary/aromatic N) is 1. The summed E-state index contributed by atoms with van der Waals surface area (Å²) in [5.74, 6) is 0. The highest BCUT2D eigenvalue weighted by molar-refractivity contribution is 8.00. The Kier molecular flexibility index (Phi) is 3.21. The van der Waals surface area contributed by atoms with Crippen molar-refractivity contribution in [2.75, 3.05) is 5.73 Å². The fraction of sp³-hybridized carbons (Fsp3) is 0.300. The Bertz CT molecular complexity index is 341. The fourth-order valence-corrected chi connectivity index (χ4v) is 1.86. The van der Waals surface area contributed by atoms with E-state index < -0.39 is 0 Å². The van der Waals surface area contributed by atoms with E-state index in [0.29, 0.717) is 0 Å². The Morgan fingerprint density at radius 2 is 2.23 bits per heavy atom. The molecule has 0 aliphatic rings. The molecule has 0 heterocycles. The van der Waals surface area contributed by atoms with Crippen LogP contribution in [-0.4, -0.2) is 5.25 Å². The Hall–Kier alpha value is -1.14. The highest BCUT2D eigenvalue weighted by atomic mass is 32.2. The van der Waals surface area contributed by atoms with E-state index >= 15 is 0 Å². The van der Waals surface area contributed by atoms with Crippen LogP contribution in [-0.2, 0) is 0 Å². The van der Waals surface area contributed by atoms with Crippen LogP contribution in [0.2, 0.25) is 0 Å². The normalized spacial score (nSPS) is 12.1. The number of rotatable bonds is 2. The second-order valence-electron chi connectivity index (χ2n) is 2.86. The lowest BCUT2D eigenvalue weighted by Crippen LogP contribution is -1.94. The molecular weight excluding hydrogens is 180 g/mol. The first-order chi connectivity index (χ1) is 6.15. The predicted molar refractivity (Wildman–Crippen MR) is 56.5 cm³/mol. The van der Waals surface area contributed by atoms with E-state index in [9.17, 15) is 0 Å². The van der Waals surface area contributed by atoms with Crippen molar-refractivity contribution in [1.29, 1.82) is 5.26 Å². The molecule has 1 atom stereocenters. The van der Waals surface area contributed by atoms with Crippen LogP contribution in [0.15, 0.2) is 23.1 Å². The zero-order valence-electron chi connectivity index (χ0n) is 7.74. The molecule has 0 spiro atoms. The highest BCUT2D eigenvalue weighted by Crippen LogP contribution is 2.28. The van der Waals surface area contributed by atoms with E-state index in [1.54, 1.807) is 11.8 Å². The van der Waals surface area contributed by atoms with Crippen LogP contribution in [0.4, 0.5) is 5.69 Å². The lowest BCUT2D eigenvalue weighted by atomic mass is 10.2. The quantitative estimate of drug-likeness (QED) is 0.578. The highest BCUT2D eigenvalue weighted by Gasteiger charge is 2.06. The molecular formula is C10H12N2S. The summed E-state index contributed by atoms with van der Waals surface area (Å²) >= 11 is 1.54. The van der Waals surface area contributed by atoms with Gasteiger partial charge in [-0.25, -0.2) is 0 Å². The Morgan fingerprint density at radius 1 is 1.54 bits per heavy atom. The van der Waals surface area contributed by atoms with Crippen molar-refractivity contribution >= 4 is 17.4 Å². The molecule has 1 aromatic carbocycles. The van der Waals surface area contributed by atoms with Gasteiger partial charge in [-0.15, -0.1) is 11.8 Å². The van der Waals surface area contributed by atoms with Crippen LogP contribution < -0.4 is 5.73 Å². The van der Waals surface area contributed by atoms with Crippen molar-refractivity contribution in [3.63, 3.8) is 0 Å². The average molecular weight is 192 g/mol. The third-order valence-electron chi connectivity index (χ3n) is 1.81. The smallest absolute Gasteiger partial charge is 0.0935 e. The van der Waals surface area contributed by atoms with Gasteiger partial charge in [0.25, 0.3) is 0 Å². The number of thioether (sulfide) groups is 1. The van der Waals surface area contributed by atoms with Crippen molar-refractivity contribution in [1.82, 2.24) is 0 Å². The molecule has 0 radical (unpaired) electrons. The second kappa shape index (κ2) is 4.20. The molecule has 1 unspecified atom stereocenters. The molecule has 68 valence electrons. The summed E-state index contributed by atoms with van der Waals surface area (Å²) in [6.07, 6.45) is 0. The van der Waals surface area contributed by atoms with Gasteiger partial charge < -0.3 is 5.73 Å². The van der Waals surface area contributed by atoms with Gasteiger partial charge in [-0.2, -0.15) is 5.26 Å². The van der Waals surface area contributed by atoms with E-state index in [2.05, 4.69) is 6.07 Å². The lowest BCUT2D eigenvalue weighted by molar-refractivity contribution is 1.22. The maximum atomic E-state index is 8.65. The molecule has 1 aromatic rings. The Labute approximate surface area is 82.7 Å². The first-order valence-electron chi connectivity index (χ1n) is 4.06. The van der Waals surface area contributed by atoms with E-state index in [-0.39, 0.29) is 5.25 Å². The number of nitrogens with two attached hydrogens (primary N) is 1. The molecule has 2 nitrogen and oxygen atoms in total. The van der Waals surface area contributed by atoms with E-state index in [4.69, 9.17) is 11.0 Å². The van der Waals surface area contributed by atoms with Crippen molar-refractivity contribution in [2.45, 2.75) is 24.0 Å². The maximum absolute atomic E-state index is 8.65. The van der Waals surface area contributed by atoms with Gasteiger partial charge in [-0.3, -0.25) is 0 Å². The fourth-order valence-electron chi connectivity index (χ4n) is 0.976. The Balaban J connectivity index is 2.90. The summed E-state index contributed by atoms with van der Waals surface area (Å²) in [6, 6.07) is 7.96.